The molecule has 5 N–H and O–H groups in total. The minimum absolute atomic E-state index is 0.0128. The number of amides is 4. The molecule has 0 bridgehead atoms. The number of ether oxygens (including phenoxy) is 2. The third kappa shape index (κ3) is 11.5. The molecule has 0 radical (unpaired) electrons. The van der Waals surface area contributed by atoms with Crippen LogP contribution in [0.4, 0.5) is 4.79 Å². The summed E-state index contributed by atoms with van der Waals surface area (Å²) in [4.78, 5) is 69.0. The van der Waals surface area contributed by atoms with Gasteiger partial charge in [0.2, 0.25) is 12.3 Å². The lowest BCUT2D eigenvalue weighted by Crippen LogP contribution is -2.54. The molecule has 15 heteroatoms. The number of hydrogen-bond acceptors (Lipinski definition) is 8. The zero-order valence-electron chi connectivity index (χ0n) is 43.7. The molecular formula is C58H73N9O6. The maximum absolute atomic E-state index is 14.0. The summed E-state index contributed by atoms with van der Waals surface area (Å²) in [6.45, 7) is 13.2. The molecule has 2 aliphatic heterocycles. The van der Waals surface area contributed by atoms with Gasteiger partial charge in [-0.15, -0.1) is 0 Å². The molecule has 9 rings (SSSR count). The van der Waals surface area contributed by atoms with Crippen LogP contribution in [0.15, 0.2) is 97.3 Å². The molecule has 3 aromatic heterocycles. The number of nitrogens with one attached hydrogen (secondary N) is 3. The quantitative estimate of drug-likeness (QED) is 0.0870. The smallest absolute Gasteiger partial charge is 0.407 e. The van der Waals surface area contributed by atoms with Crippen molar-refractivity contribution in [2.45, 2.75) is 129 Å². The Morgan fingerprint density at radius 3 is 1.55 bits per heavy atom. The summed E-state index contributed by atoms with van der Waals surface area (Å²) in [5.41, 5.74) is 14.0. The van der Waals surface area contributed by atoms with Crippen LogP contribution in [0, 0.1) is 10.8 Å². The Morgan fingerprint density at radius 1 is 0.644 bits per heavy atom. The lowest BCUT2D eigenvalue weighted by Gasteiger charge is -2.35. The lowest BCUT2D eigenvalue weighted by molar-refractivity contribution is -0.149. The molecule has 73 heavy (non-hydrogen) atoms. The van der Waals surface area contributed by atoms with Crippen molar-refractivity contribution in [2.75, 3.05) is 27.3 Å². The number of nitrogens with two attached hydrogens (primary N) is 1. The standard InChI is InChI=1S/C57H70N8O5.CH3NO/c1-56(2,3)49(62-55(68)70-8)53(66)63-32-12-16-47(63)51-58-34-43(60-51)38-18-22-40(23-19-38)45-30-31-46(65(45)42-28-26-37(27-29-42)36-14-10-9-11-15-36)41-24-20-39(21-25-41)44-35-59-52(61-44)48-17-13-33-64(48)54(67)50(69-7)57(4,5)6;2-1-3/h18-31,34-36,47-50H,9-17,32-33H2,1-8H3,(H,58,60)(H,59,61)(H,62,68);1H,(H2,2,3)/t47-,48-,49+,50+;/m0./s1. The van der Waals surface area contributed by atoms with Gasteiger partial charge in [-0.05, 0) is 107 Å². The topological polar surface area (TPSA) is 194 Å². The van der Waals surface area contributed by atoms with E-state index in [9.17, 15) is 14.4 Å². The first-order chi connectivity index (χ1) is 35.0. The molecule has 3 fully saturated rings. The second-order valence-corrected chi connectivity index (χ2v) is 21.8. The van der Waals surface area contributed by atoms with Crippen molar-refractivity contribution in [3.63, 3.8) is 0 Å². The molecule has 0 unspecified atom stereocenters. The molecule has 6 aromatic rings. The normalized spacial score (nSPS) is 18.2. The van der Waals surface area contributed by atoms with E-state index in [-0.39, 0.29) is 35.7 Å². The van der Waals surface area contributed by atoms with E-state index in [1.807, 2.05) is 63.7 Å². The van der Waals surface area contributed by atoms with Gasteiger partial charge in [0.1, 0.15) is 23.8 Å². The van der Waals surface area contributed by atoms with Gasteiger partial charge in [0.15, 0.2) is 0 Å². The molecule has 1 saturated carbocycles. The Labute approximate surface area is 429 Å². The number of methoxy groups -OCH3 is 2. The predicted octanol–water partition coefficient (Wildman–Crippen LogP) is 10.9. The van der Waals surface area contributed by atoms with Crippen LogP contribution in [0.3, 0.4) is 0 Å². The molecule has 1 aliphatic carbocycles. The third-order valence-electron chi connectivity index (χ3n) is 14.8. The van der Waals surface area contributed by atoms with Gasteiger partial charge < -0.3 is 44.9 Å². The van der Waals surface area contributed by atoms with Crippen LogP contribution < -0.4 is 11.1 Å². The largest absolute Gasteiger partial charge is 0.453 e. The predicted molar refractivity (Wildman–Crippen MR) is 284 cm³/mol. The van der Waals surface area contributed by atoms with Gasteiger partial charge in [-0.3, -0.25) is 14.4 Å². The molecule has 2 saturated heterocycles. The summed E-state index contributed by atoms with van der Waals surface area (Å²) >= 11 is 0. The molecule has 4 amide bonds. The number of primary amides is 1. The lowest BCUT2D eigenvalue weighted by atomic mass is 9.84. The third-order valence-corrected chi connectivity index (χ3v) is 14.8. The van der Waals surface area contributed by atoms with Crippen molar-refractivity contribution in [3.05, 3.63) is 115 Å². The molecule has 4 atom stereocenters. The van der Waals surface area contributed by atoms with E-state index < -0.39 is 23.7 Å². The van der Waals surface area contributed by atoms with Crippen molar-refractivity contribution >= 4 is 24.3 Å². The van der Waals surface area contributed by atoms with Crippen LogP contribution in [0.5, 0.6) is 0 Å². The average molecular weight is 992 g/mol. The van der Waals surface area contributed by atoms with Crippen LogP contribution in [0.25, 0.3) is 50.7 Å². The summed E-state index contributed by atoms with van der Waals surface area (Å²) in [5, 5.41) is 2.77. The van der Waals surface area contributed by atoms with Gasteiger partial charge in [-0.1, -0.05) is 121 Å². The van der Waals surface area contributed by atoms with E-state index in [2.05, 4.69) is 111 Å². The van der Waals surface area contributed by atoms with Gasteiger partial charge >= 0.3 is 6.09 Å². The second kappa shape index (κ2) is 22.4. The van der Waals surface area contributed by atoms with Gasteiger partial charge in [0, 0.05) is 25.9 Å². The van der Waals surface area contributed by atoms with Gasteiger partial charge in [0.25, 0.3) is 5.91 Å². The van der Waals surface area contributed by atoms with Gasteiger partial charge in [-0.2, -0.15) is 0 Å². The number of alkyl carbamates (subject to hydrolysis) is 1. The number of benzene rings is 3. The fourth-order valence-corrected chi connectivity index (χ4v) is 11.0. The average Bonchev–Trinajstić information content (AvgIpc) is 4.25. The van der Waals surface area contributed by atoms with E-state index in [1.165, 1.54) is 44.8 Å². The molecule has 15 nitrogen and oxygen atoms in total. The van der Waals surface area contributed by atoms with Crippen LogP contribution in [0.2, 0.25) is 0 Å². The van der Waals surface area contributed by atoms with Crippen molar-refractivity contribution in [1.82, 2.24) is 39.6 Å². The zero-order chi connectivity index (χ0) is 52.0. The number of carbonyl (C=O) groups excluding carboxylic acids is 4. The molecular weight excluding hydrogens is 919 g/mol. The molecule has 3 aliphatic rings. The minimum atomic E-state index is -0.746. The maximum Gasteiger partial charge on any atom is 0.407 e. The van der Waals surface area contributed by atoms with E-state index in [1.54, 1.807) is 7.11 Å². The second-order valence-electron chi connectivity index (χ2n) is 21.8. The van der Waals surface area contributed by atoms with Crippen molar-refractivity contribution in [2.24, 2.45) is 16.6 Å². The van der Waals surface area contributed by atoms with E-state index >= 15 is 0 Å². The number of likely N-dealkylation sites (tertiary alicyclic amines) is 2. The number of aromatic amines is 2. The van der Waals surface area contributed by atoms with E-state index in [4.69, 9.17) is 24.2 Å². The number of imidazole rings is 2. The SMILES string of the molecule is COC(=O)N[C@H](C(=O)N1CCC[C@H]1c1ncc(-c2ccc(-c3ccc(-c4ccc(-c5cnc([C@@H]6CCCN6C(=O)[C@@H](OC)C(C)(C)C)[nH]5)cc4)n3-c3ccc(C4CCCCC4)cc3)cc2)[nH]1)C(C)(C)C.NC=O. The number of nitrogens with zero attached hydrogens (tertiary/aromatic N) is 5. The fraction of sp³-hybridized carbons (Fsp3) is 0.448. The van der Waals surface area contributed by atoms with Crippen molar-refractivity contribution in [3.8, 4) is 50.7 Å². The first-order valence-corrected chi connectivity index (χ1v) is 25.8. The first kappa shape index (κ1) is 52.3. The Morgan fingerprint density at radius 2 is 1.11 bits per heavy atom. The Balaban J connectivity index is 0.00000231. The van der Waals surface area contributed by atoms with Gasteiger partial charge in [0.05, 0.1) is 54.4 Å². The number of aromatic nitrogens is 5. The molecule has 3 aromatic carbocycles. The number of carbonyl (C=O) groups is 4. The summed E-state index contributed by atoms with van der Waals surface area (Å²) < 4.78 is 12.9. The van der Waals surface area contributed by atoms with E-state index in [0.29, 0.717) is 19.0 Å². The number of hydrogen-bond donors (Lipinski definition) is 4. The summed E-state index contributed by atoms with van der Waals surface area (Å²) in [5.74, 6) is 2.01. The monoisotopic (exact) mass is 992 g/mol. The first-order valence-electron chi connectivity index (χ1n) is 25.8. The minimum Gasteiger partial charge on any atom is -0.453 e. The van der Waals surface area contributed by atoms with Crippen molar-refractivity contribution < 1.29 is 28.7 Å². The molecule has 5 heterocycles. The Kier molecular flexibility index (Phi) is 16.1. The van der Waals surface area contributed by atoms with Crippen LogP contribution in [-0.4, -0.2) is 98.1 Å². The van der Waals surface area contributed by atoms with Crippen LogP contribution in [0.1, 0.15) is 135 Å². The highest BCUT2D eigenvalue weighted by Gasteiger charge is 2.42. The highest BCUT2D eigenvalue weighted by Crippen LogP contribution is 2.40. The van der Waals surface area contributed by atoms with Crippen LogP contribution >= 0.6 is 0 Å². The fourth-order valence-electron chi connectivity index (χ4n) is 11.0. The number of H-pyrrole nitrogens is 2. The molecule has 386 valence electrons. The highest BCUT2D eigenvalue weighted by molar-refractivity contribution is 5.87. The van der Waals surface area contributed by atoms with Crippen LogP contribution in [-0.2, 0) is 23.9 Å². The van der Waals surface area contributed by atoms with Crippen molar-refractivity contribution in [1.29, 1.82) is 0 Å². The summed E-state index contributed by atoms with van der Waals surface area (Å²) in [6.07, 6.45) is 12.6. The maximum atomic E-state index is 14.0. The Hall–Kier alpha value is -7.00. The number of rotatable bonds is 12. The summed E-state index contributed by atoms with van der Waals surface area (Å²) in [6, 6.07) is 29.7. The highest BCUT2D eigenvalue weighted by atomic mass is 16.5. The summed E-state index contributed by atoms with van der Waals surface area (Å²) in [7, 11) is 2.92. The van der Waals surface area contributed by atoms with E-state index in [0.717, 1.165) is 88.0 Å². The van der Waals surface area contributed by atoms with Gasteiger partial charge in [-0.25, -0.2) is 14.8 Å². The molecule has 0 spiro atoms. The Bertz CT molecular complexity index is 2830. The zero-order valence-corrected chi connectivity index (χ0v) is 43.7.